The molecule has 4 atom stereocenters. The maximum absolute atomic E-state index is 4.67. The lowest BCUT2D eigenvalue weighted by Gasteiger charge is -2.42. The fourth-order valence-electron chi connectivity index (χ4n) is 8.85. The summed E-state index contributed by atoms with van der Waals surface area (Å²) in [5.74, 6) is 0.433. The Morgan fingerprint density at radius 2 is 1.42 bits per heavy atom. The van der Waals surface area contributed by atoms with Crippen molar-refractivity contribution < 1.29 is 0 Å². The van der Waals surface area contributed by atoms with Crippen LogP contribution >= 0.6 is 79.6 Å². The molecule has 286 valence electrons. The minimum atomic E-state index is -0.572. The molecule has 0 nitrogen and oxygen atoms in total. The van der Waals surface area contributed by atoms with Gasteiger partial charge in [0.05, 0.1) is 4.32 Å². The number of halogens is 4. The van der Waals surface area contributed by atoms with Crippen molar-refractivity contribution in [3.05, 3.63) is 180 Å². The van der Waals surface area contributed by atoms with Crippen LogP contribution in [-0.2, 0) is 6.16 Å². The highest BCUT2D eigenvalue weighted by atomic mass is 79.9. The van der Waals surface area contributed by atoms with Gasteiger partial charge in [0.2, 0.25) is 0 Å². The van der Waals surface area contributed by atoms with Crippen molar-refractivity contribution >= 4 is 130 Å². The Bertz CT molecular complexity index is 2780. The van der Waals surface area contributed by atoms with Crippen molar-refractivity contribution in [3.63, 3.8) is 0 Å². The number of benzene rings is 6. The first-order chi connectivity index (χ1) is 27.6. The van der Waals surface area contributed by atoms with Crippen molar-refractivity contribution in [1.29, 1.82) is 0 Å². The number of rotatable bonds is 9. The van der Waals surface area contributed by atoms with Crippen LogP contribution in [0.5, 0.6) is 0 Å². The van der Waals surface area contributed by atoms with Gasteiger partial charge in [-0.2, -0.15) is 0 Å². The minimum Gasteiger partial charge on any atom is -0.0905 e. The summed E-state index contributed by atoms with van der Waals surface area (Å²) in [7, 11) is -1.10. The molecule has 0 N–H and O–H groups in total. The Morgan fingerprint density at radius 3 is 2.18 bits per heavy atom. The van der Waals surface area contributed by atoms with E-state index in [1.807, 2.05) is 0 Å². The van der Waals surface area contributed by atoms with E-state index in [0.717, 1.165) is 49.0 Å². The Kier molecular flexibility index (Phi) is 12.6. The molecule has 6 aromatic carbocycles. The number of hydrogen-bond acceptors (Lipinski definition) is 0. The topological polar surface area (TPSA) is 0 Å². The molecule has 0 heterocycles. The maximum atomic E-state index is 4.67. The Balaban J connectivity index is 1.20. The number of allylic oxidation sites excluding steroid dienone is 8. The standard InChI is InChI=1S/C51H44Br4P2/c1-5-6-15-35-26-38(52)29-43(33(35)2)49-41-20-11-9-18-37(41)28-46(54)45(49)31-56(3)47-22-13-14-23-48(47)57(4)32-51(55)25-24-34-16-7-12-21-42(34)50(51)44-30-39(53)27-36-17-8-10-19-40(36)44/h5-23,26-30,34H,2,24-25,31-32H2,1,3-4H3/b6-5-,35-15-. The summed E-state index contributed by atoms with van der Waals surface area (Å²) >= 11 is 16.4. The molecule has 2 aliphatic rings. The van der Waals surface area contributed by atoms with Gasteiger partial charge in [-0.25, -0.2) is 0 Å². The second kappa shape index (κ2) is 17.5. The summed E-state index contributed by atoms with van der Waals surface area (Å²) in [6.45, 7) is 11.7. The van der Waals surface area contributed by atoms with Crippen molar-refractivity contribution in [1.82, 2.24) is 0 Å². The van der Waals surface area contributed by atoms with Crippen LogP contribution in [-0.4, -0.2) is 23.8 Å². The van der Waals surface area contributed by atoms with Crippen molar-refractivity contribution in [2.24, 2.45) is 5.92 Å². The van der Waals surface area contributed by atoms with Crippen LogP contribution in [0.25, 0.3) is 50.9 Å². The predicted molar refractivity (Wildman–Crippen MR) is 270 cm³/mol. The van der Waals surface area contributed by atoms with E-state index in [1.165, 1.54) is 65.6 Å². The third-order valence-electron chi connectivity index (χ3n) is 11.5. The van der Waals surface area contributed by atoms with Crippen molar-refractivity contribution in [2.75, 3.05) is 19.5 Å². The predicted octanol–water partition coefficient (Wildman–Crippen LogP) is 14.5. The average molecular weight is 1040 g/mol. The summed E-state index contributed by atoms with van der Waals surface area (Å²) in [6, 6.07) is 38.3. The Hall–Kier alpha value is -2.68. The molecule has 6 heteroatoms. The SMILES string of the molecule is C=c1c(-c2c(CP(C)c3ccccc3P(C)CC3(Br)CCC4C=CC=CC4=C3c3cc(Br)cc4ccccc34)c(Br)cc3ccccc23)cc(Br)c/c1=C/C=C\C. The quantitative estimate of drug-likeness (QED) is 0.1000. The molecule has 0 spiro atoms. The maximum Gasteiger partial charge on any atom is 0.0557 e. The van der Waals surface area contributed by atoms with E-state index in [0.29, 0.717) is 5.92 Å². The molecule has 6 aromatic rings. The molecule has 0 bridgehead atoms. The Labute approximate surface area is 373 Å². The molecule has 0 saturated heterocycles. The first-order valence-electron chi connectivity index (χ1n) is 19.4. The summed E-state index contributed by atoms with van der Waals surface area (Å²) in [4.78, 5) is 0. The third-order valence-corrected chi connectivity index (χ3v) is 19.0. The van der Waals surface area contributed by atoms with Gasteiger partial charge in [-0.05, 0) is 152 Å². The fourth-order valence-corrected chi connectivity index (χ4v) is 17.3. The van der Waals surface area contributed by atoms with Gasteiger partial charge in [0, 0.05) is 19.3 Å². The first kappa shape index (κ1) is 41.1. The van der Waals surface area contributed by atoms with Crippen molar-refractivity contribution in [3.8, 4) is 11.1 Å². The number of alkyl halides is 1. The minimum absolute atomic E-state index is 0.163. The molecule has 2 aliphatic carbocycles. The molecule has 0 saturated carbocycles. The molecule has 0 aromatic heterocycles. The molecule has 57 heavy (non-hydrogen) atoms. The molecule has 8 rings (SSSR count). The van der Waals surface area contributed by atoms with Gasteiger partial charge in [-0.1, -0.05) is 201 Å². The van der Waals surface area contributed by atoms with Gasteiger partial charge < -0.3 is 0 Å². The van der Waals surface area contributed by atoms with Gasteiger partial charge in [-0.3, -0.25) is 0 Å². The van der Waals surface area contributed by atoms with E-state index in [9.17, 15) is 0 Å². The molecule has 0 amide bonds. The third kappa shape index (κ3) is 8.27. The summed E-state index contributed by atoms with van der Waals surface area (Å²) in [5.41, 5.74) is 8.04. The molecule has 0 fully saturated rings. The van der Waals surface area contributed by atoms with E-state index in [2.05, 4.69) is 236 Å². The lowest BCUT2D eigenvalue weighted by Crippen LogP contribution is -2.36. The zero-order valence-electron chi connectivity index (χ0n) is 32.4. The van der Waals surface area contributed by atoms with E-state index in [-0.39, 0.29) is 4.32 Å². The summed E-state index contributed by atoms with van der Waals surface area (Å²) < 4.78 is 3.17. The zero-order valence-corrected chi connectivity index (χ0v) is 40.5. The van der Waals surface area contributed by atoms with Crippen LogP contribution < -0.4 is 21.0 Å². The van der Waals surface area contributed by atoms with Crippen LogP contribution in [0, 0.1) is 5.92 Å². The van der Waals surface area contributed by atoms with Gasteiger partial charge >= 0.3 is 0 Å². The largest absolute Gasteiger partial charge is 0.0905 e. The lowest BCUT2D eigenvalue weighted by atomic mass is 9.72. The lowest BCUT2D eigenvalue weighted by molar-refractivity contribution is 0.566. The van der Waals surface area contributed by atoms with Crippen LogP contribution in [0.3, 0.4) is 0 Å². The molecular formula is C51H44Br4P2. The highest BCUT2D eigenvalue weighted by Crippen LogP contribution is 2.55. The van der Waals surface area contributed by atoms with Crippen LogP contribution in [0.4, 0.5) is 0 Å². The highest BCUT2D eigenvalue weighted by molar-refractivity contribution is 9.11. The van der Waals surface area contributed by atoms with E-state index in [4.69, 9.17) is 0 Å². The molecule has 4 unspecified atom stereocenters. The number of hydrogen-bond donors (Lipinski definition) is 0. The highest BCUT2D eigenvalue weighted by Gasteiger charge is 2.42. The summed E-state index contributed by atoms with van der Waals surface area (Å²) in [5, 5.41) is 10.3. The Morgan fingerprint density at radius 1 is 0.772 bits per heavy atom. The van der Waals surface area contributed by atoms with Crippen LogP contribution in [0.2, 0.25) is 0 Å². The van der Waals surface area contributed by atoms with Crippen LogP contribution in [0.15, 0.2) is 159 Å². The van der Waals surface area contributed by atoms with E-state index < -0.39 is 15.8 Å². The molecule has 0 aliphatic heterocycles. The second-order valence-corrected chi connectivity index (χ2v) is 23.8. The summed E-state index contributed by atoms with van der Waals surface area (Å²) in [6.07, 6.45) is 19.8. The fraction of sp³-hybridized carbons (Fsp3) is 0.176. The van der Waals surface area contributed by atoms with E-state index >= 15 is 0 Å². The second-order valence-electron chi connectivity index (χ2n) is 15.2. The number of fused-ring (bicyclic) bond motifs is 3. The van der Waals surface area contributed by atoms with E-state index in [1.54, 1.807) is 0 Å². The molecule has 0 radical (unpaired) electrons. The van der Waals surface area contributed by atoms with Gasteiger partial charge in [0.25, 0.3) is 0 Å². The van der Waals surface area contributed by atoms with Gasteiger partial charge in [0.15, 0.2) is 0 Å². The van der Waals surface area contributed by atoms with Crippen LogP contribution in [0.1, 0.15) is 30.9 Å². The van der Waals surface area contributed by atoms with Crippen molar-refractivity contribution in [2.45, 2.75) is 30.3 Å². The first-order valence-corrected chi connectivity index (χ1v) is 26.5. The molecular weight excluding hydrogens is 994 g/mol. The normalized spacial score (nSPS) is 19.5. The smallest absolute Gasteiger partial charge is 0.0557 e. The average Bonchev–Trinajstić information content (AvgIpc) is 3.21. The zero-order chi connectivity index (χ0) is 39.8. The van der Waals surface area contributed by atoms with Gasteiger partial charge in [0.1, 0.15) is 0 Å². The monoisotopic (exact) mass is 1030 g/mol. The van der Waals surface area contributed by atoms with Gasteiger partial charge in [-0.15, -0.1) is 0 Å².